The Hall–Kier alpha value is -1.01. The van der Waals surface area contributed by atoms with Gasteiger partial charge in [0.2, 0.25) is 0 Å². The monoisotopic (exact) mass is 139 g/mol. The Morgan fingerprint density at radius 3 is 3.00 bits per heavy atom. The highest BCUT2D eigenvalue weighted by molar-refractivity contribution is 7.10. The third-order valence-corrected chi connectivity index (χ3v) is 1.77. The molecule has 3 heteroatoms. The van der Waals surface area contributed by atoms with Crippen LogP contribution in [0.5, 0.6) is 0 Å². The van der Waals surface area contributed by atoms with Gasteiger partial charge >= 0.3 is 6.07 Å². The zero-order valence-electron chi connectivity index (χ0n) is 4.92. The van der Waals surface area contributed by atoms with Crippen molar-refractivity contribution in [2.75, 3.05) is 0 Å². The van der Waals surface area contributed by atoms with Crippen LogP contribution in [-0.4, -0.2) is 0 Å². The highest BCUT2D eigenvalue weighted by atomic mass is 32.1. The summed E-state index contributed by atoms with van der Waals surface area (Å²) in [5.74, 6) is 0. The Bertz CT molecular complexity index is 256. The zero-order valence-corrected chi connectivity index (χ0v) is 5.73. The van der Waals surface area contributed by atoms with Crippen LogP contribution < -0.4 is 0 Å². The minimum absolute atomic E-state index is 0.771. The molecule has 0 saturated carbocycles. The first kappa shape index (κ1) is 6.12. The van der Waals surface area contributed by atoms with E-state index in [1.54, 1.807) is 11.3 Å². The second-order valence-electron chi connectivity index (χ2n) is 1.65. The Labute approximate surface area is 57.2 Å². The fourth-order valence-corrected chi connectivity index (χ4v) is 1.18. The predicted molar refractivity (Wildman–Crippen MR) is 38.8 cm³/mol. The minimum Gasteiger partial charge on any atom is -0.498 e. The van der Waals surface area contributed by atoms with Gasteiger partial charge in [0.1, 0.15) is 5.56 Å². The third-order valence-electron chi connectivity index (χ3n) is 0.905. The van der Waals surface area contributed by atoms with Crippen LogP contribution in [0.15, 0.2) is 11.4 Å². The summed E-state index contributed by atoms with van der Waals surface area (Å²) in [6.07, 6.45) is 0. The summed E-state index contributed by atoms with van der Waals surface area (Å²) in [5.41, 5.74) is 0.771. The standard InChI is InChI=1S/C6H5NOS/c1-5-2-6(3-7-8)4-9-5/h2,4H,1H3. The van der Waals surface area contributed by atoms with E-state index < -0.39 is 0 Å². The second-order valence-corrected chi connectivity index (χ2v) is 2.76. The number of hydrogen-bond donors (Lipinski definition) is 0. The summed E-state index contributed by atoms with van der Waals surface area (Å²) >= 11 is 1.58. The van der Waals surface area contributed by atoms with Crippen LogP contribution in [0.3, 0.4) is 0 Å². The van der Waals surface area contributed by atoms with E-state index in [0.29, 0.717) is 0 Å². The van der Waals surface area contributed by atoms with Crippen LogP contribution in [-0.2, 0) is 0 Å². The van der Waals surface area contributed by atoms with Gasteiger partial charge in [-0.25, -0.2) is 0 Å². The molecular formula is C6H5NOS. The fraction of sp³-hybridized carbons (Fsp3) is 0.167. The van der Waals surface area contributed by atoms with E-state index in [1.165, 1.54) is 4.88 Å². The molecule has 0 unspecified atom stereocenters. The van der Waals surface area contributed by atoms with E-state index >= 15 is 0 Å². The summed E-state index contributed by atoms with van der Waals surface area (Å²) in [6, 6.07) is 4.18. The smallest absolute Gasteiger partial charge is 0.337 e. The molecule has 0 bridgehead atoms. The van der Waals surface area contributed by atoms with Crippen LogP contribution in [0.25, 0.3) is 5.01 Å². The molecule has 0 amide bonds. The molecule has 1 aromatic heterocycles. The van der Waals surface area contributed by atoms with Gasteiger partial charge in [0.15, 0.2) is 0 Å². The van der Waals surface area contributed by atoms with Crippen LogP contribution in [0.1, 0.15) is 10.4 Å². The number of rotatable bonds is 0. The van der Waals surface area contributed by atoms with Gasteiger partial charge in [-0.1, -0.05) is 0 Å². The molecule has 0 radical (unpaired) electrons. The molecule has 1 heterocycles. The molecule has 0 aromatic carbocycles. The second kappa shape index (κ2) is 2.51. The minimum atomic E-state index is 0.771. The molecule has 0 aliphatic rings. The molecular weight excluding hydrogens is 134 g/mol. The molecule has 1 aromatic rings. The van der Waals surface area contributed by atoms with Crippen LogP contribution in [0.4, 0.5) is 0 Å². The van der Waals surface area contributed by atoms with Crippen LogP contribution in [0, 0.1) is 18.2 Å². The van der Waals surface area contributed by atoms with Crippen LogP contribution in [0.2, 0.25) is 0 Å². The average molecular weight is 139 g/mol. The molecule has 2 nitrogen and oxygen atoms in total. The van der Waals surface area contributed by atoms with Gasteiger partial charge < -0.3 is 5.21 Å². The molecule has 0 aliphatic carbocycles. The first-order valence-corrected chi connectivity index (χ1v) is 3.34. The topological polar surface area (TPSA) is 27.4 Å². The molecule has 0 N–H and O–H groups in total. The number of nitrogens with zero attached hydrogens (tertiary/aromatic N) is 1. The number of aryl methyl sites for hydroxylation is 1. The van der Waals surface area contributed by atoms with Gasteiger partial charge in [-0.3, -0.25) is 0 Å². The van der Waals surface area contributed by atoms with Gasteiger partial charge in [-0.15, -0.1) is 11.3 Å². The van der Waals surface area contributed by atoms with E-state index in [0.717, 1.165) is 5.56 Å². The zero-order chi connectivity index (χ0) is 6.69. The molecule has 0 spiro atoms. The Kier molecular flexibility index (Phi) is 1.71. The Morgan fingerprint density at radius 1 is 1.78 bits per heavy atom. The van der Waals surface area contributed by atoms with Crippen molar-refractivity contribution in [1.29, 1.82) is 0 Å². The summed E-state index contributed by atoms with van der Waals surface area (Å²) in [6.45, 7) is 1.97. The average Bonchev–Trinajstić information content (AvgIpc) is 2.17. The van der Waals surface area contributed by atoms with Crippen molar-refractivity contribution in [1.82, 2.24) is 0 Å². The SMILES string of the molecule is Cc1cc(C#[N+][O-])cs1. The first-order chi connectivity index (χ1) is 4.33. The highest BCUT2D eigenvalue weighted by Crippen LogP contribution is 2.11. The van der Waals surface area contributed by atoms with Crippen molar-refractivity contribution in [2.24, 2.45) is 0 Å². The number of thiophene rings is 1. The Balaban J connectivity index is 2.93. The fourth-order valence-electron chi connectivity index (χ4n) is 0.555. The maximum atomic E-state index is 9.63. The van der Waals surface area contributed by atoms with Crippen molar-refractivity contribution in [3.63, 3.8) is 0 Å². The molecule has 0 aliphatic heterocycles. The lowest BCUT2D eigenvalue weighted by atomic mass is 10.3. The van der Waals surface area contributed by atoms with Gasteiger partial charge in [-0.05, 0) is 13.0 Å². The molecule has 9 heavy (non-hydrogen) atoms. The van der Waals surface area contributed by atoms with Crippen molar-refractivity contribution in [3.8, 4) is 6.07 Å². The van der Waals surface area contributed by atoms with Gasteiger partial charge in [-0.2, -0.15) is 0 Å². The van der Waals surface area contributed by atoms with Crippen molar-refractivity contribution in [2.45, 2.75) is 6.92 Å². The first-order valence-electron chi connectivity index (χ1n) is 2.46. The lowest BCUT2D eigenvalue weighted by Crippen LogP contribution is -1.58. The molecule has 0 saturated heterocycles. The predicted octanol–water partition coefficient (Wildman–Crippen LogP) is 2.24. The molecule has 1 rings (SSSR count). The summed E-state index contributed by atoms with van der Waals surface area (Å²) < 4.78 is 0. The lowest BCUT2D eigenvalue weighted by molar-refractivity contribution is 1.62. The molecule has 0 atom stereocenters. The van der Waals surface area contributed by atoms with E-state index in [4.69, 9.17) is 0 Å². The summed E-state index contributed by atoms with van der Waals surface area (Å²) in [4.78, 5) is 1.17. The largest absolute Gasteiger partial charge is 0.498 e. The summed E-state index contributed by atoms with van der Waals surface area (Å²) in [5, 5.41) is 14.0. The van der Waals surface area contributed by atoms with Crippen molar-refractivity contribution in [3.05, 3.63) is 32.1 Å². The Morgan fingerprint density at radius 2 is 2.56 bits per heavy atom. The van der Waals surface area contributed by atoms with Crippen molar-refractivity contribution < 1.29 is 0 Å². The number of hydrogen-bond acceptors (Lipinski definition) is 2. The van der Waals surface area contributed by atoms with Gasteiger partial charge in [0.05, 0.1) is 0 Å². The van der Waals surface area contributed by atoms with E-state index in [1.807, 2.05) is 18.4 Å². The van der Waals surface area contributed by atoms with E-state index in [2.05, 4.69) is 11.1 Å². The highest BCUT2D eigenvalue weighted by Gasteiger charge is 1.95. The quantitative estimate of drug-likeness (QED) is 0.506. The maximum absolute atomic E-state index is 9.63. The van der Waals surface area contributed by atoms with Crippen molar-refractivity contribution >= 4 is 11.3 Å². The van der Waals surface area contributed by atoms with Gasteiger partial charge in [0.25, 0.3) is 0 Å². The maximum Gasteiger partial charge on any atom is 0.337 e. The third kappa shape index (κ3) is 1.44. The lowest BCUT2D eigenvalue weighted by Gasteiger charge is -1.67. The molecule has 46 valence electrons. The van der Waals surface area contributed by atoms with Gasteiger partial charge in [0, 0.05) is 15.3 Å². The molecule has 0 fully saturated rings. The van der Waals surface area contributed by atoms with E-state index in [9.17, 15) is 5.21 Å². The van der Waals surface area contributed by atoms with E-state index in [-0.39, 0.29) is 0 Å². The normalized spacial score (nSPS) is 8.11. The van der Waals surface area contributed by atoms with Crippen LogP contribution >= 0.6 is 11.3 Å². The summed E-state index contributed by atoms with van der Waals surface area (Å²) in [7, 11) is 0.